The molecule has 0 atom stereocenters. The molecule has 0 aliphatic carbocycles. The number of H-pyrrole nitrogens is 1. The van der Waals surface area contributed by atoms with Gasteiger partial charge in [0.15, 0.2) is 0 Å². The standard InChI is InChI=1S/C21H16BrClF2N4O4/c1-32-20(30)8-29-21(31)11-3-2-10(22)4-12(11)14(28-29)7-19-26-15-5-13(23)17(6-16(15)27-19)33-9-18(24)25/h2-6,18H,7-9H2,1H3,(H,26,27). The van der Waals surface area contributed by atoms with E-state index in [1.54, 1.807) is 18.2 Å². The number of ether oxygens (including phenoxy) is 2. The summed E-state index contributed by atoms with van der Waals surface area (Å²) in [5, 5.41) is 5.51. The van der Waals surface area contributed by atoms with Crippen LogP contribution in [-0.4, -0.2) is 45.9 Å². The van der Waals surface area contributed by atoms with E-state index in [1.165, 1.54) is 19.2 Å². The number of hydrogen-bond donors (Lipinski definition) is 1. The highest BCUT2D eigenvalue weighted by Crippen LogP contribution is 2.30. The molecule has 0 aliphatic heterocycles. The number of fused-ring (bicyclic) bond motifs is 2. The van der Waals surface area contributed by atoms with Gasteiger partial charge in [-0.2, -0.15) is 5.10 Å². The van der Waals surface area contributed by atoms with Gasteiger partial charge in [0.25, 0.3) is 12.0 Å². The second-order valence-corrected chi connectivity index (χ2v) is 8.36. The van der Waals surface area contributed by atoms with Crippen molar-refractivity contribution in [2.75, 3.05) is 13.7 Å². The minimum Gasteiger partial charge on any atom is -0.486 e. The van der Waals surface area contributed by atoms with Gasteiger partial charge in [-0.15, -0.1) is 0 Å². The number of halogens is 4. The summed E-state index contributed by atoms with van der Waals surface area (Å²) in [7, 11) is 1.23. The number of nitrogens with one attached hydrogen (secondary N) is 1. The predicted octanol–water partition coefficient (Wildman–Crippen LogP) is 4.10. The third-order valence-electron chi connectivity index (χ3n) is 4.79. The van der Waals surface area contributed by atoms with Crippen molar-refractivity contribution in [3.8, 4) is 5.75 Å². The molecule has 4 rings (SSSR count). The molecule has 2 heterocycles. The second-order valence-electron chi connectivity index (χ2n) is 7.04. The first-order valence-corrected chi connectivity index (χ1v) is 10.8. The van der Waals surface area contributed by atoms with Crippen molar-refractivity contribution in [1.29, 1.82) is 0 Å². The maximum atomic E-state index is 12.8. The van der Waals surface area contributed by atoms with Crippen LogP contribution >= 0.6 is 27.5 Å². The number of rotatable bonds is 7. The summed E-state index contributed by atoms with van der Waals surface area (Å²) >= 11 is 9.53. The van der Waals surface area contributed by atoms with Crippen molar-refractivity contribution < 1.29 is 23.0 Å². The number of benzene rings is 2. The molecule has 0 saturated heterocycles. The third-order valence-corrected chi connectivity index (χ3v) is 5.58. The molecule has 0 radical (unpaired) electrons. The lowest BCUT2D eigenvalue weighted by Crippen LogP contribution is -2.28. The quantitative estimate of drug-likeness (QED) is 0.354. The van der Waals surface area contributed by atoms with Crippen LogP contribution in [-0.2, 0) is 22.5 Å². The Bertz CT molecular complexity index is 1420. The monoisotopic (exact) mass is 540 g/mol. The summed E-state index contributed by atoms with van der Waals surface area (Å²) in [5.41, 5.74) is 1.11. The van der Waals surface area contributed by atoms with Gasteiger partial charge in [0.1, 0.15) is 24.7 Å². The summed E-state index contributed by atoms with van der Waals surface area (Å²) < 4.78 is 36.5. The number of carbonyl (C=O) groups excluding carboxylic acids is 1. The molecule has 0 amide bonds. The van der Waals surface area contributed by atoms with Crippen LogP contribution in [0.3, 0.4) is 0 Å². The average molecular weight is 542 g/mol. The first kappa shape index (κ1) is 23.1. The molecular weight excluding hydrogens is 526 g/mol. The van der Waals surface area contributed by atoms with E-state index in [9.17, 15) is 18.4 Å². The lowest BCUT2D eigenvalue weighted by atomic mass is 10.1. The van der Waals surface area contributed by atoms with Gasteiger partial charge in [-0.1, -0.05) is 27.5 Å². The normalized spacial score (nSPS) is 11.5. The van der Waals surface area contributed by atoms with Crippen LogP contribution in [0.15, 0.2) is 39.6 Å². The highest BCUT2D eigenvalue weighted by molar-refractivity contribution is 9.10. The van der Waals surface area contributed by atoms with Crippen LogP contribution in [0, 0.1) is 0 Å². The van der Waals surface area contributed by atoms with Crippen LogP contribution in [0.4, 0.5) is 8.78 Å². The maximum absolute atomic E-state index is 12.8. The van der Waals surface area contributed by atoms with Gasteiger partial charge in [-0.3, -0.25) is 9.59 Å². The molecule has 2 aromatic heterocycles. The zero-order chi connectivity index (χ0) is 23.7. The Morgan fingerprint density at radius 2 is 2.06 bits per heavy atom. The Morgan fingerprint density at radius 1 is 1.27 bits per heavy atom. The molecule has 0 bridgehead atoms. The van der Waals surface area contributed by atoms with Crippen LogP contribution in [0.5, 0.6) is 5.75 Å². The van der Waals surface area contributed by atoms with Crippen molar-refractivity contribution in [3.05, 3.63) is 61.7 Å². The van der Waals surface area contributed by atoms with Crippen LogP contribution in [0.1, 0.15) is 11.5 Å². The Balaban J connectivity index is 1.76. The number of methoxy groups -OCH3 is 1. The summed E-state index contributed by atoms with van der Waals surface area (Å²) in [6, 6.07) is 8.14. The minimum absolute atomic E-state index is 0.0987. The van der Waals surface area contributed by atoms with Gasteiger partial charge in [0, 0.05) is 15.9 Å². The molecule has 2 aromatic carbocycles. The number of nitrogens with zero attached hydrogens (tertiary/aromatic N) is 3. The van der Waals surface area contributed by atoms with Gasteiger partial charge < -0.3 is 14.5 Å². The Hall–Kier alpha value is -3.05. The largest absolute Gasteiger partial charge is 0.486 e. The summed E-state index contributed by atoms with van der Waals surface area (Å²) in [4.78, 5) is 32.1. The number of aromatic amines is 1. The summed E-state index contributed by atoms with van der Waals surface area (Å²) in [6.07, 6.45) is -2.45. The molecule has 12 heteroatoms. The lowest BCUT2D eigenvalue weighted by Gasteiger charge is -2.10. The average Bonchev–Trinajstić information content (AvgIpc) is 3.15. The van der Waals surface area contributed by atoms with Gasteiger partial charge in [-0.05, 0) is 24.3 Å². The SMILES string of the molecule is COC(=O)Cn1nc(Cc2nc3cc(OCC(F)F)c(Cl)cc3[nH]2)c2cc(Br)ccc2c1=O. The molecular formula is C21H16BrClF2N4O4. The van der Waals surface area contributed by atoms with Crippen molar-refractivity contribution in [1.82, 2.24) is 19.7 Å². The molecule has 172 valence electrons. The van der Waals surface area contributed by atoms with E-state index in [0.29, 0.717) is 33.3 Å². The number of esters is 1. The minimum atomic E-state index is -2.63. The van der Waals surface area contributed by atoms with Crippen molar-refractivity contribution >= 4 is 55.3 Å². The van der Waals surface area contributed by atoms with Crippen molar-refractivity contribution in [2.45, 2.75) is 19.4 Å². The van der Waals surface area contributed by atoms with Crippen molar-refractivity contribution in [3.63, 3.8) is 0 Å². The molecule has 0 fully saturated rings. The number of alkyl halides is 2. The summed E-state index contributed by atoms with van der Waals surface area (Å²) in [6.45, 7) is -1.12. The fraction of sp³-hybridized carbons (Fsp3) is 0.238. The second kappa shape index (κ2) is 9.44. The highest BCUT2D eigenvalue weighted by Gasteiger charge is 2.17. The first-order valence-electron chi connectivity index (χ1n) is 9.60. The molecule has 8 nitrogen and oxygen atoms in total. The molecule has 0 aliphatic rings. The fourth-order valence-corrected chi connectivity index (χ4v) is 3.90. The molecule has 4 aromatic rings. The molecule has 0 unspecified atom stereocenters. The number of aromatic nitrogens is 4. The molecule has 33 heavy (non-hydrogen) atoms. The van der Waals surface area contributed by atoms with Crippen LogP contribution < -0.4 is 10.3 Å². The Labute approximate surface area is 198 Å². The smallest absolute Gasteiger partial charge is 0.327 e. The lowest BCUT2D eigenvalue weighted by molar-refractivity contribution is -0.141. The highest BCUT2D eigenvalue weighted by atomic mass is 79.9. The fourth-order valence-electron chi connectivity index (χ4n) is 3.32. The Morgan fingerprint density at radius 3 is 2.79 bits per heavy atom. The van der Waals surface area contributed by atoms with E-state index in [0.717, 1.165) is 9.15 Å². The van der Waals surface area contributed by atoms with E-state index in [-0.39, 0.29) is 23.7 Å². The van der Waals surface area contributed by atoms with Gasteiger partial charge in [0.05, 0.1) is 40.7 Å². The third kappa shape index (κ3) is 4.98. The van der Waals surface area contributed by atoms with Crippen LogP contribution in [0.25, 0.3) is 21.8 Å². The molecule has 0 spiro atoms. The van der Waals surface area contributed by atoms with Crippen LogP contribution in [0.2, 0.25) is 5.02 Å². The molecule has 1 N–H and O–H groups in total. The maximum Gasteiger partial charge on any atom is 0.327 e. The summed E-state index contributed by atoms with van der Waals surface area (Å²) in [5.74, 6) is -0.0208. The van der Waals surface area contributed by atoms with Gasteiger partial charge in [-0.25, -0.2) is 18.4 Å². The molecule has 0 saturated carbocycles. The number of hydrogen-bond acceptors (Lipinski definition) is 6. The number of imidazole rings is 1. The van der Waals surface area contributed by atoms with E-state index in [4.69, 9.17) is 16.3 Å². The zero-order valence-corrected chi connectivity index (χ0v) is 19.4. The number of carbonyl (C=O) groups is 1. The van der Waals surface area contributed by atoms with E-state index < -0.39 is 24.6 Å². The zero-order valence-electron chi connectivity index (χ0n) is 17.1. The van der Waals surface area contributed by atoms with Gasteiger partial charge in [0.2, 0.25) is 0 Å². The Kier molecular flexibility index (Phi) is 6.61. The van der Waals surface area contributed by atoms with E-state index in [2.05, 4.69) is 35.7 Å². The first-order chi connectivity index (χ1) is 15.7. The topological polar surface area (TPSA) is 99.1 Å². The van der Waals surface area contributed by atoms with E-state index >= 15 is 0 Å². The predicted molar refractivity (Wildman–Crippen MR) is 121 cm³/mol. The van der Waals surface area contributed by atoms with Crippen molar-refractivity contribution in [2.24, 2.45) is 0 Å². The van der Waals surface area contributed by atoms with E-state index in [1.807, 2.05) is 0 Å². The van der Waals surface area contributed by atoms with Gasteiger partial charge >= 0.3 is 5.97 Å².